The van der Waals surface area contributed by atoms with E-state index in [1.165, 1.54) is 0 Å². The van der Waals surface area contributed by atoms with Crippen molar-refractivity contribution in [2.75, 3.05) is 30.4 Å². The number of hydrogen-bond donors (Lipinski definition) is 2. The first-order valence-electron chi connectivity index (χ1n) is 9.75. The second-order valence-corrected chi connectivity index (χ2v) is 7.15. The van der Waals surface area contributed by atoms with Gasteiger partial charge in [0.25, 0.3) is 0 Å². The van der Waals surface area contributed by atoms with Crippen molar-refractivity contribution in [1.82, 2.24) is 10.3 Å². The molecule has 0 aliphatic heterocycles. The lowest BCUT2D eigenvalue weighted by molar-refractivity contribution is 0.252. The van der Waals surface area contributed by atoms with Crippen LogP contribution in [-0.4, -0.2) is 31.2 Å². The maximum atomic E-state index is 12.1. The van der Waals surface area contributed by atoms with Gasteiger partial charge in [-0.05, 0) is 48.9 Å². The zero-order chi connectivity index (χ0) is 21.2. The molecule has 0 saturated carbocycles. The number of halogens is 1. The van der Waals surface area contributed by atoms with E-state index in [-0.39, 0.29) is 6.03 Å². The number of urea groups is 1. The van der Waals surface area contributed by atoms with Crippen LogP contribution in [0.3, 0.4) is 0 Å². The quantitative estimate of drug-likeness (QED) is 0.476. The van der Waals surface area contributed by atoms with Gasteiger partial charge in [0.15, 0.2) is 0 Å². The highest BCUT2D eigenvalue weighted by Gasteiger charge is 2.07. The average molecular weight is 425 g/mol. The fraction of sp³-hybridized carbons (Fsp3) is 0.217. The SMILES string of the molecule is CN(CCCNC(=O)Nc1ccc(OCc2ccccn2)c(Cl)c1)c1ccccc1. The normalized spacial score (nSPS) is 10.3. The van der Waals surface area contributed by atoms with Crippen LogP contribution in [0.4, 0.5) is 16.2 Å². The topological polar surface area (TPSA) is 66.5 Å². The number of carbonyl (C=O) groups excluding carboxylic acids is 1. The molecule has 7 heteroatoms. The van der Waals surface area contributed by atoms with Gasteiger partial charge in [0.2, 0.25) is 0 Å². The third-order valence-corrected chi connectivity index (χ3v) is 4.74. The Bertz CT molecular complexity index is 938. The Hall–Kier alpha value is -3.25. The number of ether oxygens (including phenoxy) is 1. The van der Waals surface area contributed by atoms with E-state index in [0.29, 0.717) is 29.6 Å². The second kappa shape index (κ2) is 11.1. The van der Waals surface area contributed by atoms with E-state index in [4.69, 9.17) is 16.3 Å². The second-order valence-electron chi connectivity index (χ2n) is 6.75. The number of para-hydroxylation sites is 1. The number of pyridine rings is 1. The Morgan fingerprint density at radius 3 is 2.63 bits per heavy atom. The molecule has 30 heavy (non-hydrogen) atoms. The molecule has 0 bridgehead atoms. The molecule has 3 rings (SSSR count). The molecule has 156 valence electrons. The minimum absolute atomic E-state index is 0.268. The number of nitrogens with one attached hydrogen (secondary N) is 2. The molecule has 2 N–H and O–H groups in total. The first kappa shape index (κ1) is 21.5. The maximum Gasteiger partial charge on any atom is 0.319 e. The summed E-state index contributed by atoms with van der Waals surface area (Å²) in [5.74, 6) is 0.539. The molecule has 0 aliphatic carbocycles. The van der Waals surface area contributed by atoms with Gasteiger partial charge >= 0.3 is 6.03 Å². The predicted octanol–water partition coefficient (Wildman–Crippen LogP) is 4.96. The molecule has 1 aromatic heterocycles. The first-order chi connectivity index (χ1) is 14.6. The van der Waals surface area contributed by atoms with Crippen LogP contribution in [0.15, 0.2) is 72.9 Å². The highest BCUT2D eigenvalue weighted by atomic mass is 35.5. The summed E-state index contributed by atoms with van der Waals surface area (Å²) in [6, 6.07) is 20.7. The molecule has 0 unspecified atom stereocenters. The predicted molar refractivity (Wildman–Crippen MR) is 121 cm³/mol. The zero-order valence-electron chi connectivity index (χ0n) is 16.8. The van der Waals surface area contributed by atoms with Crippen LogP contribution in [0.2, 0.25) is 5.02 Å². The number of anilines is 2. The van der Waals surface area contributed by atoms with Crippen LogP contribution < -0.4 is 20.3 Å². The summed E-state index contributed by atoms with van der Waals surface area (Å²) in [6.45, 7) is 1.74. The number of nitrogens with zero attached hydrogens (tertiary/aromatic N) is 2. The van der Waals surface area contributed by atoms with E-state index in [9.17, 15) is 4.79 Å². The van der Waals surface area contributed by atoms with Crippen molar-refractivity contribution < 1.29 is 9.53 Å². The monoisotopic (exact) mass is 424 g/mol. The highest BCUT2D eigenvalue weighted by molar-refractivity contribution is 6.32. The van der Waals surface area contributed by atoms with Gasteiger partial charge in [-0.3, -0.25) is 4.98 Å². The van der Waals surface area contributed by atoms with E-state index < -0.39 is 0 Å². The van der Waals surface area contributed by atoms with Crippen molar-refractivity contribution in [3.05, 3.63) is 83.6 Å². The third-order valence-electron chi connectivity index (χ3n) is 4.44. The molecule has 0 saturated heterocycles. The fourth-order valence-electron chi connectivity index (χ4n) is 2.84. The van der Waals surface area contributed by atoms with E-state index in [0.717, 1.165) is 24.3 Å². The van der Waals surface area contributed by atoms with E-state index in [1.54, 1.807) is 24.4 Å². The average Bonchev–Trinajstić information content (AvgIpc) is 2.77. The van der Waals surface area contributed by atoms with Crippen molar-refractivity contribution in [2.24, 2.45) is 0 Å². The Kier molecular flexibility index (Phi) is 7.92. The van der Waals surface area contributed by atoms with Gasteiger partial charge in [0, 0.05) is 37.7 Å². The summed E-state index contributed by atoms with van der Waals surface area (Å²) >= 11 is 6.28. The van der Waals surface area contributed by atoms with Crippen molar-refractivity contribution >= 4 is 29.0 Å². The molecule has 2 amide bonds. The molecule has 0 atom stereocenters. The number of aromatic nitrogens is 1. The van der Waals surface area contributed by atoms with Crippen LogP contribution in [0.1, 0.15) is 12.1 Å². The van der Waals surface area contributed by atoms with Gasteiger partial charge in [-0.1, -0.05) is 35.9 Å². The molecule has 0 fully saturated rings. The summed E-state index contributed by atoms with van der Waals surface area (Å²) in [5, 5.41) is 6.07. The van der Waals surface area contributed by atoms with Crippen molar-refractivity contribution in [2.45, 2.75) is 13.0 Å². The Morgan fingerprint density at radius 2 is 1.90 bits per heavy atom. The van der Waals surface area contributed by atoms with E-state index >= 15 is 0 Å². The molecule has 3 aromatic rings. The van der Waals surface area contributed by atoms with Crippen molar-refractivity contribution in [3.8, 4) is 5.75 Å². The van der Waals surface area contributed by atoms with Gasteiger partial charge in [-0.25, -0.2) is 4.79 Å². The van der Waals surface area contributed by atoms with Crippen LogP contribution >= 0.6 is 11.6 Å². The van der Waals surface area contributed by atoms with Crippen molar-refractivity contribution in [3.63, 3.8) is 0 Å². The summed E-state index contributed by atoms with van der Waals surface area (Å²) in [6.07, 6.45) is 2.55. The Balaban J connectivity index is 1.40. The summed E-state index contributed by atoms with van der Waals surface area (Å²) in [7, 11) is 2.04. The Morgan fingerprint density at radius 1 is 1.10 bits per heavy atom. The molecule has 6 nitrogen and oxygen atoms in total. The highest BCUT2D eigenvalue weighted by Crippen LogP contribution is 2.28. The van der Waals surface area contributed by atoms with Gasteiger partial charge in [0.05, 0.1) is 10.7 Å². The molecule has 0 aliphatic rings. The summed E-state index contributed by atoms with van der Waals surface area (Å²) in [4.78, 5) is 18.5. The zero-order valence-corrected chi connectivity index (χ0v) is 17.6. The third kappa shape index (κ3) is 6.67. The van der Waals surface area contributed by atoms with Crippen LogP contribution in [0, 0.1) is 0 Å². The fourth-order valence-corrected chi connectivity index (χ4v) is 3.07. The summed E-state index contributed by atoms with van der Waals surface area (Å²) < 4.78 is 5.69. The molecule has 0 spiro atoms. The molecule has 0 radical (unpaired) electrons. The lowest BCUT2D eigenvalue weighted by atomic mass is 10.3. The molecule has 2 aromatic carbocycles. The molecular formula is C23H25ClN4O2. The number of carbonyl (C=O) groups is 1. The lowest BCUT2D eigenvalue weighted by Gasteiger charge is -2.19. The minimum Gasteiger partial charge on any atom is -0.486 e. The smallest absolute Gasteiger partial charge is 0.319 e. The first-order valence-corrected chi connectivity index (χ1v) is 10.1. The molecular weight excluding hydrogens is 400 g/mol. The van der Waals surface area contributed by atoms with Gasteiger partial charge in [0.1, 0.15) is 12.4 Å². The minimum atomic E-state index is -0.268. The number of rotatable bonds is 9. The lowest BCUT2D eigenvalue weighted by Crippen LogP contribution is -2.31. The van der Waals surface area contributed by atoms with Gasteiger partial charge in [-0.2, -0.15) is 0 Å². The van der Waals surface area contributed by atoms with E-state index in [2.05, 4.69) is 32.7 Å². The maximum absolute atomic E-state index is 12.1. The number of amides is 2. The largest absolute Gasteiger partial charge is 0.486 e. The Labute approximate surface area is 181 Å². The van der Waals surface area contributed by atoms with Crippen molar-refractivity contribution in [1.29, 1.82) is 0 Å². The standard InChI is InChI=1S/C23H25ClN4O2/c1-28(20-9-3-2-4-10-20)15-7-14-26-23(29)27-18-11-12-22(21(24)16-18)30-17-19-8-5-6-13-25-19/h2-6,8-13,16H,7,14-15,17H2,1H3,(H2,26,27,29). The van der Waals surface area contributed by atoms with Gasteiger partial charge in [-0.15, -0.1) is 0 Å². The van der Waals surface area contributed by atoms with Crippen LogP contribution in [0.25, 0.3) is 0 Å². The number of benzene rings is 2. The van der Waals surface area contributed by atoms with Crippen LogP contribution in [-0.2, 0) is 6.61 Å². The molecule has 1 heterocycles. The van der Waals surface area contributed by atoms with Gasteiger partial charge < -0.3 is 20.3 Å². The number of hydrogen-bond acceptors (Lipinski definition) is 4. The van der Waals surface area contributed by atoms with Crippen LogP contribution in [0.5, 0.6) is 5.75 Å². The summed E-state index contributed by atoms with van der Waals surface area (Å²) in [5.41, 5.74) is 2.57. The van der Waals surface area contributed by atoms with E-state index in [1.807, 2.05) is 43.4 Å².